The molecule has 76 valence electrons. The minimum absolute atomic E-state index is 0.580. The summed E-state index contributed by atoms with van der Waals surface area (Å²) in [4.78, 5) is 0. The van der Waals surface area contributed by atoms with Crippen LogP contribution >= 0.6 is 23.2 Å². The lowest BCUT2D eigenvalue weighted by Gasteiger charge is -2.04. The second-order valence-electron chi connectivity index (χ2n) is 2.89. The van der Waals surface area contributed by atoms with E-state index in [1.165, 1.54) is 0 Å². The molecule has 1 rings (SSSR count). The molecule has 14 heavy (non-hydrogen) atoms. The number of rotatable bonds is 4. The molecule has 3 heteroatoms. The van der Waals surface area contributed by atoms with Crippen molar-refractivity contribution in [3.63, 3.8) is 0 Å². The highest BCUT2D eigenvalue weighted by Gasteiger charge is 1.97. The van der Waals surface area contributed by atoms with Gasteiger partial charge in [0, 0.05) is 12.2 Å². The number of allylic oxidation sites excluding steroid dienone is 1. The Morgan fingerprint density at radius 1 is 1.21 bits per heavy atom. The molecule has 0 aliphatic rings. The summed E-state index contributed by atoms with van der Waals surface area (Å²) in [5.41, 5.74) is 0.986. The Balaban J connectivity index is 2.51. The third-order valence-electron chi connectivity index (χ3n) is 1.75. The van der Waals surface area contributed by atoms with Crippen molar-refractivity contribution >= 4 is 28.9 Å². The Morgan fingerprint density at radius 2 is 2.00 bits per heavy atom. The van der Waals surface area contributed by atoms with E-state index >= 15 is 0 Å². The Labute approximate surface area is 94.7 Å². The number of anilines is 1. The second kappa shape index (κ2) is 5.94. The summed E-state index contributed by atoms with van der Waals surface area (Å²) in [7, 11) is 0. The molecular formula is C11H13Cl2N. The van der Waals surface area contributed by atoms with Gasteiger partial charge >= 0.3 is 0 Å². The molecule has 0 aliphatic heterocycles. The average Bonchev–Trinajstić information content (AvgIpc) is 2.18. The van der Waals surface area contributed by atoms with Crippen LogP contribution in [-0.2, 0) is 0 Å². The lowest BCUT2D eigenvalue weighted by molar-refractivity contribution is 1.20. The van der Waals surface area contributed by atoms with E-state index in [9.17, 15) is 0 Å². The normalized spacial score (nSPS) is 10.8. The third kappa shape index (κ3) is 3.60. The fraction of sp³-hybridized carbons (Fsp3) is 0.273. The zero-order chi connectivity index (χ0) is 10.4. The molecule has 1 aromatic rings. The standard InChI is InChI=1S/C11H13Cl2N/c1-2-3-4-7-14-9-5-6-10(12)11(13)8-9/h3-6,8,14H,2,7H2,1H3/b4-3-. The van der Waals surface area contributed by atoms with Crippen molar-refractivity contribution in [2.45, 2.75) is 13.3 Å². The summed E-state index contributed by atoms with van der Waals surface area (Å²) >= 11 is 11.7. The molecule has 0 heterocycles. The van der Waals surface area contributed by atoms with Crippen molar-refractivity contribution < 1.29 is 0 Å². The van der Waals surface area contributed by atoms with Gasteiger partial charge in [-0.15, -0.1) is 0 Å². The Kier molecular flexibility index (Phi) is 4.85. The van der Waals surface area contributed by atoms with Gasteiger partial charge < -0.3 is 5.32 Å². The van der Waals surface area contributed by atoms with Crippen molar-refractivity contribution in [3.05, 3.63) is 40.4 Å². The Morgan fingerprint density at radius 3 is 2.64 bits per heavy atom. The number of benzene rings is 1. The highest BCUT2D eigenvalue weighted by Crippen LogP contribution is 2.24. The average molecular weight is 230 g/mol. The zero-order valence-corrected chi connectivity index (χ0v) is 9.57. The van der Waals surface area contributed by atoms with Crippen LogP contribution in [0.2, 0.25) is 10.0 Å². The first-order chi connectivity index (χ1) is 6.74. The van der Waals surface area contributed by atoms with E-state index in [1.54, 1.807) is 6.07 Å². The molecule has 0 amide bonds. The van der Waals surface area contributed by atoms with Crippen LogP contribution in [0.15, 0.2) is 30.4 Å². The molecule has 0 unspecified atom stereocenters. The molecule has 0 spiro atoms. The number of hydrogen-bond donors (Lipinski definition) is 1. The van der Waals surface area contributed by atoms with Crippen LogP contribution in [0.5, 0.6) is 0 Å². The van der Waals surface area contributed by atoms with Crippen LogP contribution in [0.4, 0.5) is 5.69 Å². The number of nitrogens with one attached hydrogen (secondary N) is 1. The van der Waals surface area contributed by atoms with E-state index in [4.69, 9.17) is 23.2 Å². The van der Waals surface area contributed by atoms with E-state index in [-0.39, 0.29) is 0 Å². The maximum absolute atomic E-state index is 5.86. The highest BCUT2D eigenvalue weighted by atomic mass is 35.5. The van der Waals surface area contributed by atoms with Crippen LogP contribution in [-0.4, -0.2) is 6.54 Å². The van der Waals surface area contributed by atoms with Gasteiger partial charge in [-0.1, -0.05) is 42.3 Å². The van der Waals surface area contributed by atoms with Crippen LogP contribution < -0.4 is 5.32 Å². The van der Waals surface area contributed by atoms with E-state index < -0.39 is 0 Å². The molecule has 0 saturated heterocycles. The van der Waals surface area contributed by atoms with Crippen molar-refractivity contribution in [2.75, 3.05) is 11.9 Å². The molecule has 0 fully saturated rings. The summed E-state index contributed by atoms with van der Waals surface area (Å²) in [5.74, 6) is 0. The van der Waals surface area contributed by atoms with E-state index in [2.05, 4.69) is 24.4 Å². The number of hydrogen-bond acceptors (Lipinski definition) is 1. The predicted molar refractivity (Wildman–Crippen MR) is 64.4 cm³/mol. The molecular weight excluding hydrogens is 217 g/mol. The van der Waals surface area contributed by atoms with Gasteiger partial charge in [0.2, 0.25) is 0 Å². The molecule has 0 bridgehead atoms. The highest BCUT2D eigenvalue weighted by molar-refractivity contribution is 6.42. The second-order valence-corrected chi connectivity index (χ2v) is 3.70. The molecule has 1 aromatic carbocycles. The lowest BCUT2D eigenvalue weighted by atomic mass is 10.3. The molecule has 0 radical (unpaired) electrons. The first kappa shape index (κ1) is 11.4. The van der Waals surface area contributed by atoms with Gasteiger partial charge in [0.1, 0.15) is 0 Å². The van der Waals surface area contributed by atoms with Gasteiger partial charge in [0.15, 0.2) is 0 Å². The van der Waals surface area contributed by atoms with E-state index in [1.807, 2.05) is 12.1 Å². The van der Waals surface area contributed by atoms with Crippen molar-refractivity contribution in [1.29, 1.82) is 0 Å². The largest absolute Gasteiger partial charge is 0.382 e. The Bertz CT molecular complexity index is 321. The van der Waals surface area contributed by atoms with Gasteiger partial charge in [0.05, 0.1) is 10.0 Å². The SMILES string of the molecule is CC/C=C\CNc1ccc(Cl)c(Cl)c1. The molecule has 0 aromatic heterocycles. The topological polar surface area (TPSA) is 12.0 Å². The summed E-state index contributed by atoms with van der Waals surface area (Å²) in [5, 5.41) is 4.38. The first-order valence-corrected chi connectivity index (χ1v) is 5.33. The van der Waals surface area contributed by atoms with Crippen LogP contribution in [0.25, 0.3) is 0 Å². The van der Waals surface area contributed by atoms with Gasteiger partial charge in [-0.05, 0) is 24.6 Å². The van der Waals surface area contributed by atoms with Gasteiger partial charge in [0.25, 0.3) is 0 Å². The Hall–Kier alpha value is -0.660. The monoisotopic (exact) mass is 229 g/mol. The summed E-state index contributed by atoms with van der Waals surface area (Å²) < 4.78 is 0. The smallest absolute Gasteiger partial charge is 0.0612 e. The minimum Gasteiger partial charge on any atom is -0.382 e. The van der Waals surface area contributed by atoms with Crippen LogP contribution in [0, 0.1) is 0 Å². The third-order valence-corrected chi connectivity index (χ3v) is 2.49. The maximum Gasteiger partial charge on any atom is 0.0612 e. The fourth-order valence-electron chi connectivity index (χ4n) is 1.03. The van der Waals surface area contributed by atoms with Crippen LogP contribution in [0.1, 0.15) is 13.3 Å². The summed E-state index contributed by atoms with van der Waals surface area (Å²) in [6, 6.07) is 5.52. The molecule has 1 N–H and O–H groups in total. The van der Waals surface area contributed by atoms with Crippen molar-refractivity contribution in [3.8, 4) is 0 Å². The summed E-state index contributed by atoms with van der Waals surface area (Å²) in [6.07, 6.45) is 5.26. The number of halogens is 2. The molecule has 0 aliphatic carbocycles. The summed E-state index contributed by atoms with van der Waals surface area (Å²) in [6.45, 7) is 2.92. The van der Waals surface area contributed by atoms with Gasteiger partial charge in [-0.2, -0.15) is 0 Å². The molecule has 1 nitrogen and oxygen atoms in total. The van der Waals surface area contributed by atoms with Gasteiger partial charge in [-0.3, -0.25) is 0 Å². The van der Waals surface area contributed by atoms with Crippen LogP contribution in [0.3, 0.4) is 0 Å². The van der Waals surface area contributed by atoms with Gasteiger partial charge in [-0.25, -0.2) is 0 Å². The predicted octanol–water partition coefficient (Wildman–Crippen LogP) is 4.37. The first-order valence-electron chi connectivity index (χ1n) is 4.58. The lowest BCUT2D eigenvalue weighted by Crippen LogP contribution is -1.97. The molecule has 0 saturated carbocycles. The van der Waals surface area contributed by atoms with E-state index in [0.717, 1.165) is 18.7 Å². The van der Waals surface area contributed by atoms with Crippen molar-refractivity contribution in [1.82, 2.24) is 0 Å². The quantitative estimate of drug-likeness (QED) is 0.757. The maximum atomic E-state index is 5.86. The van der Waals surface area contributed by atoms with E-state index in [0.29, 0.717) is 10.0 Å². The zero-order valence-electron chi connectivity index (χ0n) is 8.06. The van der Waals surface area contributed by atoms with Crippen molar-refractivity contribution in [2.24, 2.45) is 0 Å². The minimum atomic E-state index is 0.580. The molecule has 0 atom stereocenters. The fourth-order valence-corrected chi connectivity index (χ4v) is 1.33.